The highest BCUT2D eigenvalue weighted by atomic mass is 17.2. The normalized spacial score (nSPS) is 19.8. The summed E-state index contributed by atoms with van der Waals surface area (Å²) >= 11 is 0. The smallest absolute Gasteiger partial charge is 0.260 e. The van der Waals surface area contributed by atoms with Gasteiger partial charge in [0, 0.05) is 35.9 Å². The first-order chi connectivity index (χ1) is 19.5. The highest BCUT2D eigenvalue weighted by Crippen LogP contribution is 2.41. The molecule has 0 aliphatic carbocycles. The summed E-state index contributed by atoms with van der Waals surface area (Å²) in [5, 5.41) is 3.46. The van der Waals surface area contributed by atoms with Crippen LogP contribution in [0.3, 0.4) is 0 Å². The van der Waals surface area contributed by atoms with Gasteiger partial charge in [0.15, 0.2) is 12.0 Å². The summed E-state index contributed by atoms with van der Waals surface area (Å²) < 4.78 is 5.65. The fraction of sp³-hybridized carbons (Fsp3) is 0.312. The zero-order valence-corrected chi connectivity index (χ0v) is 23.1. The van der Waals surface area contributed by atoms with Gasteiger partial charge in [-0.25, -0.2) is 0 Å². The Bertz CT molecular complexity index is 1490. The van der Waals surface area contributed by atoms with Crippen LogP contribution in [0.4, 0.5) is 17.1 Å². The number of aliphatic imine (C=N–C) groups is 1. The minimum atomic E-state index is -0.435. The van der Waals surface area contributed by atoms with Gasteiger partial charge in [-0.3, -0.25) is 9.79 Å². The minimum Gasteiger partial charge on any atom is -0.493 e. The lowest BCUT2D eigenvalue weighted by Crippen LogP contribution is -2.42. The third-order valence-corrected chi connectivity index (χ3v) is 7.92. The van der Waals surface area contributed by atoms with Crippen molar-refractivity contribution in [1.82, 2.24) is 0 Å². The topological polar surface area (TPSA) is 75.6 Å². The molecule has 3 aromatic carbocycles. The summed E-state index contributed by atoms with van der Waals surface area (Å²) in [6.45, 7) is 8.62. The van der Waals surface area contributed by atoms with Crippen LogP contribution in [0.25, 0.3) is 0 Å². The number of nitrogens with zero attached hydrogens (tertiary/aromatic N) is 3. The maximum absolute atomic E-state index is 13.7. The molecule has 3 heterocycles. The van der Waals surface area contributed by atoms with E-state index in [4.69, 9.17) is 14.5 Å². The molecule has 8 nitrogen and oxygen atoms in total. The molecule has 206 valence electrons. The first kappa shape index (κ1) is 26.0. The number of rotatable bonds is 8. The number of carbonyl (C=O) groups is 1. The molecule has 0 aromatic heterocycles. The third-order valence-electron chi connectivity index (χ3n) is 7.92. The number of anilines is 3. The number of hydrogen-bond acceptors (Lipinski definition) is 7. The Labute approximate surface area is 234 Å². The molecule has 0 fully saturated rings. The standard InChI is InChI=1S/C32H34N4O4/c1-5-20(2)33-18-24-14-22-10-6-8-12-28(22)35(24)21(3)39-40-31-17-27-26(16-30(31)38-4)32(37)36-25(19-34-27)15-23-11-7-9-13-29(23)36/h6-13,16-18,21,24-25,34H,2,5,14-15,19H2,1,3-4H3/b33-18-/t21?,24-,25-/m0/s1. The van der Waals surface area contributed by atoms with Crippen LogP contribution in [0.2, 0.25) is 0 Å². The van der Waals surface area contributed by atoms with Crippen molar-refractivity contribution < 1.29 is 19.3 Å². The molecule has 1 N–H and O–H groups in total. The Morgan fingerprint density at radius 2 is 1.82 bits per heavy atom. The molecule has 0 saturated carbocycles. The van der Waals surface area contributed by atoms with Crippen LogP contribution in [0.1, 0.15) is 41.8 Å². The average molecular weight is 539 g/mol. The molecule has 3 aliphatic heterocycles. The Morgan fingerprint density at radius 1 is 1.10 bits per heavy atom. The van der Waals surface area contributed by atoms with Crippen molar-refractivity contribution in [2.24, 2.45) is 4.99 Å². The van der Waals surface area contributed by atoms with Crippen molar-refractivity contribution in [3.05, 3.63) is 89.6 Å². The van der Waals surface area contributed by atoms with Gasteiger partial charge in [0.05, 0.1) is 30.4 Å². The van der Waals surface area contributed by atoms with Crippen LogP contribution in [-0.4, -0.2) is 44.1 Å². The molecule has 0 bridgehead atoms. The number of methoxy groups -OCH3 is 1. The van der Waals surface area contributed by atoms with Crippen molar-refractivity contribution >= 4 is 29.2 Å². The number of carbonyl (C=O) groups excluding carboxylic acids is 1. The van der Waals surface area contributed by atoms with Gasteiger partial charge in [-0.05, 0) is 55.5 Å². The number of benzene rings is 3. The largest absolute Gasteiger partial charge is 0.493 e. The number of amides is 1. The lowest BCUT2D eigenvalue weighted by molar-refractivity contribution is -0.240. The molecule has 0 radical (unpaired) electrons. The predicted octanol–water partition coefficient (Wildman–Crippen LogP) is 5.77. The minimum absolute atomic E-state index is 0.00358. The Hall–Kier alpha value is -4.30. The first-order valence-corrected chi connectivity index (χ1v) is 13.8. The van der Waals surface area contributed by atoms with Gasteiger partial charge in [0.2, 0.25) is 5.75 Å². The fourth-order valence-corrected chi connectivity index (χ4v) is 5.84. The Balaban J connectivity index is 1.24. The lowest BCUT2D eigenvalue weighted by atomic mass is 10.1. The van der Waals surface area contributed by atoms with E-state index in [1.54, 1.807) is 19.2 Å². The molecule has 1 unspecified atom stereocenters. The molecular formula is C32H34N4O4. The number of ether oxygens (including phenoxy) is 1. The quantitative estimate of drug-likeness (QED) is 0.223. The van der Waals surface area contributed by atoms with E-state index in [9.17, 15) is 4.79 Å². The number of allylic oxidation sites excluding steroid dienone is 1. The molecule has 40 heavy (non-hydrogen) atoms. The summed E-state index contributed by atoms with van der Waals surface area (Å²) in [6.07, 6.45) is 3.94. The van der Waals surface area contributed by atoms with Gasteiger partial charge in [-0.2, -0.15) is 4.89 Å². The molecule has 3 atom stereocenters. The number of fused-ring (bicyclic) bond motifs is 5. The van der Waals surface area contributed by atoms with Crippen LogP contribution >= 0.6 is 0 Å². The molecule has 3 aliphatic rings. The van der Waals surface area contributed by atoms with E-state index in [1.165, 1.54) is 11.1 Å². The zero-order chi connectivity index (χ0) is 27.8. The van der Waals surface area contributed by atoms with Gasteiger partial charge in [-0.1, -0.05) is 49.9 Å². The summed E-state index contributed by atoms with van der Waals surface area (Å²) in [7, 11) is 1.56. The molecular weight excluding hydrogens is 504 g/mol. The van der Waals surface area contributed by atoms with Crippen molar-refractivity contribution in [3.63, 3.8) is 0 Å². The second-order valence-electron chi connectivity index (χ2n) is 10.4. The maximum atomic E-state index is 13.7. The summed E-state index contributed by atoms with van der Waals surface area (Å²) in [4.78, 5) is 34.2. The van der Waals surface area contributed by atoms with E-state index < -0.39 is 6.23 Å². The van der Waals surface area contributed by atoms with Gasteiger partial charge in [-0.15, -0.1) is 0 Å². The Kier molecular flexibility index (Phi) is 6.94. The Morgan fingerprint density at radius 3 is 2.58 bits per heavy atom. The van der Waals surface area contributed by atoms with Crippen molar-refractivity contribution in [3.8, 4) is 11.5 Å². The number of nitrogens with one attached hydrogen (secondary N) is 1. The number of hydrogen-bond donors (Lipinski definition) is 1. The molecule has 6 rings (SSSR count). The maximum Gasteiger partial charge on any atom is 0.260 e. The van der Waals surface area contributed by atoms with Crippen LogP contribution in [0.15, 0.2) is 77.9 Å². The molecule has 0 saturated heterocycles. The molecule has 1 amide bonds. The lowest BCUT2D eigenvalue weighted by Gasteiger charge is -2.30. The third kappa shape index (κ3) is 4.58. The van der Waals surface area contributed by atoms with Gasteiger partial charge in [0.1, 0.15) is 0 Å². The number of para-hydroxylation sites is 2. The summed E-state index contributed by atoms with van der Waals surface area (Å²) in [6, 6.07) is 19.9. The van der Waals surface area contributed by atoms with E-state index in [0.717, 1.165) is 36.3 Å². The van der Waals surface area contributed by atoms with Gasteiger partial charge in [0.25, 0.3) is 5.91 Å². The zero-order valence-electron chi connectivity index (χ0n) is 23.1. The first-order valence-electron chi connectivity index (χ1n) is 13.8. The molecule has 0 spiro atoms. The van der Waals surface area contributed by atoms with E-state index >= 15 is 0 Å². The second kappa shape index (κ2) is 10.7. The van der Waals surface area contributed by atoms with Crippen molar-refractivity contribution in [1.29, 1.82) is 0 Å². The summed E-state index contributed by atoms with van der Waals surface area (Å²) in [5.41, 5.74) is 6.53. The van der Waals surface area contributed by atoms with Crippen LogP contribution in [-0.2, 0) is 17.7 Å². The SMILES string of the molecule is C=C(CC)/N=C\[C@@H]1Cc2ccccc2N1C(C)OOc1cc2c(cc1OC)C(=O)N1c3ccccc3C[C@H]1CN2. The van der Waals surface area contributed by atoms with Gasteiger partial charge < -0.3 is 24.7 Å². The second-order valence-corrected chi connectivity index (χ2v) is 10.4. The van der Waals surface area contributed by atoms with Crippen LogP contribution < -0.4 is 24.7 Å². The van der Waals surface area contributed by atoms with Crippen molar-refractivity contribution in [2.45, 2.75) is 51.4 Å². The van der Waals surface area contributed by atoms with E-state index in [2.05, 4.69) is 40.0 Å². The molecule has 8 heteroatoms. The highest BCUT2D eigenvalue weighted by Gasteiger charge is 2.38. The monoisotopic (exact) mass is 538 g/mol. The van der Waals surface area contributed by atoms with E-state index in [1.807, 2.05) is 55.3 Å². The predicted molar refractivity (Wildman–Crippen MR) is 158 cm³/mol. The summed E-state index contributed by atoms with van der Waals surface area (Å²) in [5.74, 6) is 0.762. The average Bonchev–Trinajstić information content (AvgIpc) is 3.51. The van der Waals surface area contributed by atoms with Crippen LogP contribution in [0.5, 0.6) is 11.5 Å². The fourth-order valence-electron chi connectivity index (χ4n) is 5.84. The van der Waals surface area contributed by atoms with Crippen molar-refractivity contribution in [2.75, 3.05) is 28.8 Å². The van der Waals surface area contributed by atoms with Gasteiger partial charge >= 0.3 is 0 Å². The van der Waals surface area contributed by atoms with E-state index in [0.29, 0.717) is 29.3 Å². The highest BCUT2D eigenvalue weighted by molar-refractivity contribution is 6.12. The van der Waals surface area contributed by atoms with Crippen LogP contribution in [0, 0.1) is 0 Å². The molecule has 3 aromatic rings. The van der Waals surface area contributed by atoms with E-state index in [-0.39, 0.29) is 18.0 Å².